The molecule has 112 valence electrons. The Balaban J connectivity index is 0.00000361. The highest BCUT2D eigenvalue weighted by Crippen LogP contribution is 2.09. The standard InChI is InChI=1S/C13H18ClN3O2.ClH/c1-9(12(18)16-8-2-7-15)17-13(19)10-3-5-11(14)6-4-10;/h3-6,9H,2,7-8,15H2,1H3,(H,16,18)(H,17,19);1H. The summed E-state index contributed by atoms with van der Waals surface area (Å²) in [5.74, 6) is -0.533. The first-order valence-corrected chi connectivity index (χ1v) is 6.46. The summed E-state index contributed by atoms with van der Waals surface area (Å²) in [6.45, 7) is 2.66. The molecule has 20 heavy (non-hydrogen) atoms. The second kappa shape index (κ2) is 9.58. The van der Waals surface area contributed by atoms with Crippen LogP contribution in [0.15, 0.2) is 24.3 Å². The number of halogens is 2. The van der Waals surface area contributed by atoms with E-state index >= 15 is 0 Å². The van der Waals surface area contributed by atoms with Crippen LogP contribution in [0.2, 0.25) is 5.02 Å². The Morgan fingerprint density at radius 1 is 1.30 bits per heavy atom. The van der Waals surface area contributed by atoms with Gasteiger partial charge in [0.25, 0.3) is 5.91 Å². The molecule has 0 aliphatic carbocycles. The molecule has 0 heterocycles. The van der Waals surface area contributed by atoms with E-state index < -0.39 is 6.04 Å². The zero-order valence-corrected chi connectivity index (χ0v) is 12.8. The molecule has 1 aromatic carbocycles. The minimum atomic E-state index is -0.596. The molecule has 1 atom stereocenters. The Bertz CT molecular complexity index is 438. The van der Waals surface area contributed by atoms with E-state index in [0.717, 1.165) is 0 Å². The van der Waals surface area contributed by atoms with Gasteiger partial charge in [-0.2, -0.15) is 0 Å². The van der Waals surface area contributed by atoms with Crippen LogP contribution >= 0.6 is 24.0 Å². The van der Waals surface area contributed by atoms with Crippen LogP contribution in [0.5, 0.6) is 0 Å². The molecule has 0 radical (unpaired) electrons. The van der Waals surface area contributed by atoms with E-state index in [9.17, 15) is 9.59 Å². The summed E-state index contributed by atoms with van der Waals surface area (Å²) in [6.07, 6.45) is 0.712. The van der Waals surface area contributed by atoms with Gasteiger partial charge in [-0.05, 0) is 44.2 Å². The molecular weight excluding hydrogens is 301 g/mol. The van der Waals surface area contributed by atoms with E-state index in [4.69, 9.17) is 17.3 Å². The second-order valence-corrected chi connectivity index (χ2v) is 4.57. The van der Waals surface area contributed by atoms with Crippen LogP contribution in [0.4, 0.5) is 0 Å². The lowest BCUT2D eigenvalue weighted by Gasteiger charge is -2.14. The van der Waals surface area contributed by atoms with Gasteiger partial charge in [-0.25, -0.2) is 0 Å². The maximum absolute atomic E-state index is 11.8. The Morgan fingerprint density at radius 3 is 2.45 bits per heavy atom. The molecule has 0 saturated heterocycles. The van der Waals surface area contributed by atoms with Gasteiger partial charge >= 0.3 is 0 Å². The topological polar surface area (TPSA) is 84.2 Å². The van der Waals surface area contributed by atoms with E-state index in [-0.39, 0.29) is 24.2 Å². The first-order chi connectivity index (χ1) is 9.04. The van der Waals surface area contributed by atoms with Gasteiger partial charge < -0.3 is 16.4 Å². The van der Waals surface area contributed by atoms with Crippen LogP contribution in [0.1, 0.15) is 23.7 Å². The maximum atomic E-state index is 11.8. The molecule has 1 rings (SSSR count). The first kappa shape index (κ1) is 18.7. The largest absolute Gasteiger partial charge is 0.354 e. The molecule has 4 N–H and O–H groups in total. The van der Waals surface area contributed by atoms with Gasteiger partial charge in [0, 0.05) is 17.1 Å². The lowest BCUT2D eigenvalue weighted by molar-refractivity contribution is -0.122. The van der Waals surface area contributed by atoms with E-state index in [1.807, 2.05) is 0 Å². The highest BCUT2D eigenvalue weighted by atomic mass is 35.5. The molecule has 0 spiro atoms. The lowest BCUT2D eigenvalue weighted by atomic mass is 10.2. The lowest BCUT2D eigenvalue weighted by Crippen LogP contribution is -2.45. The molecule has 0 fully saturated rings. The third-order valence-electron chi connectivity index (χ3n) is 2.53. The van der Waals surface area contributed by atoms with Crippen LogP contribution in [0.25, 0.3) is 0 Å². The molecule has 0 aliphatic heterocycles. The van der Waals surface area contributed by atoms with Crippen molar-refractivity contribution >= 4 is 35.8 Å². The number of rotatable bonds is 6. The van der Waals surface area contributed by atoms with Gasteiger partial charge in [0.05, 0.1) is 0 Å². The van der Waals surface area contributed by atoms with Crippen molar-refractivity contribution in [1.29, 1.82) is 0 Å². The minimum absolute atomic E-state index is 0. The van der Waals surface area contributed by atoms with Gasteiger partial charge in [0.2, 0.25) is 5.91 Å². The highest BCUT2D eigenvalue weighted by molar-refractivity contribution is 6.30. The number of hydrogen-bond acceptors (Lipinski definition) is 3. The fourth-order valence-corrected chi connectivity index (χ4v) is 1.54. The van der Waals surface area contributed by atoms with Crippen molar-refractivity contribution in [1.82, 2.24) is 10.6 Å². The predicted molar refractivity (Wildman–Crippen MR) is 82.3 cm³/mol. The zero-order valence-electron chi connectivity index (χ0n) is 11.2. The number of amides is 2. The minimum Gasteiger partial charge on any atom is -0.354 e. The SMILES string of the molecule is CC(NC(=O)c1ccc(Cl)cc1)C(=O)NCCCN.Cl. The second-order valence-electron chi connectivity index (χ2n) is 4.14. The Labute approximate surface area is 129 Å². The van der Waals surface area contributed by atoms with Crippen LogP contribution < -0.4 is 16.4 Å². The van der Waals surface area contributed by atoms with Gasteiger partial charge in [0.1, 0.15) is 6.04 Å². The van der Waals surface area contributed by atoms with Crippen LogP contribution in [-0.2, 0) is 4.79 Å². The number of nitrogens with one attached hydrogen (secondary N) is 2. The molecule has 1 unspecified atom stereocenters. The fraction of sp³-hybridized carbons (Fsp3) is 0.385. The van der Waals surface area contributed by atoms with Crippen molar-refractivity contribution in [2.75, 3.05) is 13.1 Å². The van der Waals surface area contributed by atoms with Crippen molar-refractivity contribution in [2.24, 2.45) is 5.73 Å². The number of nitrogens with two attached hydrogens (primary N) is 1. The van der Waals surface area contributed by atoms with Gasteiger partial charge in [-0.1, -0.05) is 11.6 Å². The van der Waals surface area contributed by atoms with Crippen molar-refractivity contribution in [3.8, 4) is 0 Å². The average Bonchev–Trinajstić information content (AvgIpc) is 2.39. The Hall–Kier alpha value is -1.30. The number of benzene rings is 1. The maximum Gasteiger partial charge on any atom is 0.251 e. The van der Waals surface area contributed by atoms with Crippen molar-refractivity contribution in [3.63, 3.8) is 0 Å². The predicted octanol–water partition coefficient (Wildman–Crippen LogP) is 1.35. The van der Waals surface area contributed by atoms with Gasteiger partial charge in [-0.15, -0.1) is 12.4 Å². The van der Waals surface area contributed by atoms with Crippen LogP contribution in [-0.4, -0.2) is 30.9 Å². The van der Waals surface area contributed by atoms with Crippen molar-refractivity contribution in [3.05, 3.63) is 34.9 Å². The smallest absolute Gasteiger partial charge is 0.251 e. The molecule has 7 heteroatoms. The van der Waals surface area contributed by atoms with Crippen molar-refractivity contribution in [2.45, 2.75) is 19.4 Å². The highest BCUT2D eigenvalue weighted by Gasteiger charge is 2.15. The summed E-state index contributed by atoms with van der Waals surface area (Å²) in [4.78, 5) is 23.5. The number of carbonyl (C=O) groups excluding carboxylic acids is 2. The van der Waals surface area contributed by atoms with Gasteiger partial charge in [-0.3, -0.25) is 9.59 Å². The monoisotopic (exact) mass is 319 g/mol. The Morgan fingerprint density at radius 2 is 1.90 bits per heavy atom. The van der Waals surface area contributed by atoms with Crippen molar-refractivity contribution < 1.29 is 9.59 Å². The molecule has 2 amide bonds. The molecule has 1 aromatic rings. The molecule has 0 bridgehead atoms. The normalized spacial score (nSPS) is 11.2. The third kappa shape index (κ3) is 6.23. The fourth-order valence-electron chi connectivity index (χ4n) is 1.41. The average molecular weight is 320 g/mol. The summed E-state index contributed by atoms with van der Waals surface area (Å²) >= 11 is 5.74. The number of hydrogen-bond donors (Lipinski definition) is 3. The molecule has 0 saturated carbocycles. The molecule has 5 nitrogen and oxygen atoms in total. The van der Waals surface area contributed by atoms with E-state index in [2.05, 4.69) is 10.6 Å². The number of carbonyl (C=O) groups is 2. The van der Waals surface area contributed by atoms with Crippen LogP contribution in [0, 0.1) is 0 Å². The van der Waals surface area contributed by atoms with Gasteiger partial charge in [0.15, 0.2) is 0 Å². The summed E-state index contributed by atoms with van der Waals surface area (Å²) in [6, 6.07) is 5.87. The Kier molecular flexibility index (Phi) is 8.96. The first-order valence-electron chi connectivity index (χ1n) is 6.09. The molecule has 0 aliphatic rings. The van der Waals surface area contributed by atoms with Crippen LogP contribution in [0.3, 0.4) is 0 Å². The summed E-state index contributed by atoms with van der Waals surface area (Å²) in [5.41, 5.74) is 5.79. The quantitative estimate of drug-likeness (QED) is 0.692. The molecular formula is C13H19Cl2N3O2. The third-order valence-corrected chi connectivity index (χ3v) is 2.78. The van der Waals surface area contributed by atoms with E-state index in [1.165, 1.54) is 0 Å². The zero-order chi connectivity index (χ0) is 14.3. The summed E-state index contributed by atoms with van der Waals surface area (Å²) < 4.78 is 0. The summed E-state index contributed by atoms with van der Waals surface area (Å²) in [7, 11) is 0. The summed E-state index contributed by atoms with van der Waals surface area (Å²) in [5, 5.41) is 5.87. The van der Waals surface area contributed by atoms with E-state index in [1.54, 1.807) is 31.2 Å². The van der Waals surface area contributed by atoms with E-state index in [0.29, 0.717) is 30.1 Å². The molecule has 0 aromatic heterocycles.